The summed E-state index contributed by atoms with van der Waals surface area (Å²) in [6.07, 6.45) is 5.06. The van der Waals surface area contributed by atoms with Gasteiger partial charge in [-0.3, -0.25) is 0 Å². The Morgan fingerprint density at radius 2 is 2.00 bits per heavy atom. The van der Waals surface area contributed by atoms with Crippen LogP contribution < -0.4 is 5.32 Å². The van der Waals surface area contributed by atoms with Gasteiger partial charge in [0.05, 0.1) is 5.02 Å². The molecule has 1 nitrogen and oxygen atoms in total. The molecule has 0 aromatic heterocycles. The third kappa shape index (κ3) is 6.40. The fourth-order valence-electron chi connectivity index (χ4n) is 2.14. The van der Waals surface area contributed by atoms with Crippen LogP contribution in [-0.2, 0) is 6.54 Å². The molecule has 0 aliphatic heterocycles. The third-order valence-corrected chi connectivity index (χ3v) is 3.68. The van der Waals surface area contributed by atoms with Gasteiger partial charge in [0, 0.05) is 13.1 Å². The minimum Gasteiger partial charge on any atom is -0.312 e. The number of hydrogen-bond donors (Lipinski definition) is 1. The van der Waals surface area contributed by atoms with E-state index >= 15 is 0 Å². The number of unbranched alkanes of at least 4 members (excludes halogenated alkanes) is 2. The van der Waals surface area contributed by atoms with Gasteiger partial charge in [-0.15, -0.1) is 0 Å². The van der Waals surface area contributed by atoms with Crippen molar-refractivity contribution in [2.24, 2.45) is 5.41 Å². The predicted molar refractivity (Wildman–Crippen MR) is 81.0 cm³/mol. The van der Waals surface area contributed by atoms with Gasteiger partial charge in [0.2, 0.25) is 0 Å². The summed E-state index contributed by atoms with van der Waals surface area (Å²) >= 11 is 5.66. The van der Waals surface area contributed by atoms with E-state index in [1.165, 1.54) is 31.7 Å². The maximum absolute atomic E-state index is 13.3. The van der Waals surface area contributed by atoms with E-state index in [0.29, 0.717) is 12.0 Å². The highest BCUT2D eigenvalue weighted by atomic mass is 35.5. The van der Waals surface area contributed by atoms with Crippen molar-refractivity contribution in [1.29, 1.82) is 0 Å². The van der Waals surface area contributed by atoms with Crippen LogP contribution in [0, 0.1) is 11.2 Å². The Labute approximate surface area is 121 Å². The highest BCUT2D eigenvalue weighted by Gasteiger charge is 2.16. The molecule has 0 amide bonds. The van der Waals surface area contributed by atoms with Gasteiger partial charge in [-0.2, -0.15) is 0 Å². The molecule has 0 radical (unpaired) electrons. The highest BCUT2D eigenvalue weighted by Crippen LogP contribution is 2.23. The fourth-order valence-corrected chi connectivity index (χ4v) is 2.25. The van der Waals surface area contributed by atoms with Crippen LogP contribution in [0.5, 0.6) is 0 Å². The van der Waals surface area contributed by atoms with E-state index in [9.17, 15) is 4.39 Å². The molecule has 1 rings (SSSR count). The molecule has 1 aromatic rings. The zero-order valence-corrected chi connectivity index (χ0v) is 13.0. The number of halogens is 2. The van der Waals surface area contributed by atoms with Gasteiger partial charge in [-0.1, -0.05) is 57.7 Å². The van der Waals surface area contributed by atoms with Gasteiger partial charge in [-0.05, 0) is 29.5 Å². The summed E-state index contributed by atoms with van der Waals surface area (Å²) < 4.78 is 13.3. The number of hydrogen-bond acceptors (Lipinski definition) is 1. The third-order valence-electron chi connectivity index (χ3n) is 3.37. The molecule has 0 saturated carbocycles. The van der Waals surface area contributed by atoms with Gasteiger partial charge in [-0.25, -0.2) is 4.39 Å². The first kappa shape index (κ1) is 16.5. The van der Waals surface area contributed by atoms with Crippen molar-refractivity contribution in [1.82, 2.24) is 5.32 Å². The molecule has 0 heterocycles. The van der Waals surface area contributed by atoms with Crippen LogP contribution in [0.4, 0.5) is 4.39 Å². The Bertz CT molecular complexity index is 390. The van der Waals surface area contributed by atoms with Crippen molar-refractivity contribution in [3.05, 3.63) is 34.6 Å². The largest absolute Gasteiger partial charge is 0.312 e. The first-order valence-corrected chi connectivity index (χ1v) is 7.47. The lowest BCUT2D eigenvalue weighted by Gasteiger charge is -2.25. The van der Waals surface area contributed by atoms with Crippen molar-refractivity contribution >= 4 is 11.6 Å². The molecule has 0 aliphatic carbocycles. The maximum atomic E-state index is 13.3. The fraction of sp³-hybridized carbons (Fsp3) is 0.625. The van der Waals surface area contributed by atoms with Crippen LogP contribution in [0.2, 0.25) is 5.02 Å². The van der Waals surface area contributed by atoms with Crippen molar-refractivity contribution in [2.75, 3.05) is 6.54 Å². The lowest BCUT2D eigenvalue weighted by Crippen LogP contribution is -2.29. The topological polar surface area (TPSA) is 12.0 Å². The van der Waals surface area contributed by atoms with E-state index < -0.39 is 0 Å². The first-order chi connectivity index (χ1) is 8.94. The molecule has 19 heavy (non-hydrogen) atoms. The lowest BCUT2D eigenvalue weighted by atomic mass is 9.87. The summed E-state index contributed by atoms with van der Waals surface area (Å²) in [5.74, 6) is -0.344. The molecule has 0 bridgehead atoms. The first-order valence-electron chi connectivity index (χ1n) is 7.09. The number of rotatable bonds is 8. The second kappa shape index (κ2) is 7.86. The summed E-state index contributed by atoms with van der Waals surface area (Å²) in [7, 11) is 0. The van der Waals surface area contributed by atoms with E-state index in [2.05, 4.69) is 26.1 Å². The van der Waals surface area contributed by atoms with Crippen molar-refractivity contribution < 1.29 is 4.39 Å². The standard InChI is InChI=1S/C16H25ClFN/c1-4-5-6-9-16(2,3)12-19-11-13-7-8-14(17)15(18)10-13/h7-8,10,19H,4-6,9,11-12H2,1-3H3. The average Bonchev–Trinajstić information content (AvgIpc) is 2.34. The molecule has 1 N–H and O–H groups in total. The second-order valence-corrected chi connectivity index (χ2v) is 6.38. The number of nitrogens with one attached hydrogen (secondary N) is 1. The Balaban J connectivity index is 2.34. The van der Waals surface area contributed by atoms with Crippen molar-refractivity contribution in [2.45, 2.75) is 53.0 Å². The molecule has 1 aromatic carbocycles. The zero-order chi connectivity index (χ0) is 14.3. The highest BCUT2D eigenvalue weighted by molar-refractivity contribution is 6.30. The summed E-state index contributed by atoms with van der Waals surface area (Å²) in [6, 6.07) is 4.97. The molecular formula is C16H25ClFN. The monoisotopic (exact) mass is 285 g/mol. The van der Waals surface area contributed by atoms with Crippen LogP contribution in [-0.4, -0.2) is 6.54 Å². The summed E-state index contributed by atoms with van der Waals surface area (Å²) in [4.78, 5) is 0. The summed E-state index contributed by atoms with van der Waals surface area (Å²) in [5, 5.41) is 3.59. The molecule has 0 atom stereocenters. The van der Waals surface area contributed by atoms with Crippen LogP contribution >= 0.6 is 11.6 Å². The van der Waals surface area contributed by atoms with Gasteiger partial charge < -0.3 is 5.32 Å². The van der Waals surface area contributed by atoms with E-state index in [0.717, 1.165) is 12.1 Å². The Hall–Kier alpha value is -0.600. The van der Waals surface area contributed by atoms with Crippen LogP contribution in [0.1, 0.15) is 52.0 Å². The molecule has 0 spiro atoms. The molecule has 0 unspecified atom stereocenters. The molecule has 0 fully saturated rings. The normalized spacial score (nSPS) is 11.8. The molecule has 108 valence electrons. The van der Waals surface area contributed by atoms with Gasteiger partial charge in [0.25, 0.3) is 0 Å². The summed E-state index contributed by atoms with van der Waals surface area (Å²) in [5.41, 5.74) is 1.23. The van der Waals surface area contributed by atoms with Crippen molar-refractivity contribution in [3.63, 3.8) is 0 Å². The van der Waals surface area contributed by atoms with E-state index in [1.807, 2.05) is 6.07 Å². The minimum atomic E-state index is -0.344. The quantitative estimate of drug-likeness (QED) is 0.649. The Morgan fingerprint density at radius 3 is 2.63 bits per heavy atom. The van der Waals surface area contributed by atoms with E-state index in [-0.39, 0.29) is 10.8 Å². The SMILES string of the molecule is CCCCCC(C)(C)CNCc1ccc(Cl)c(F)c1. The van der Waals surface area contributed by atoms with Crippen LogP contribution in [0.25, 0.3) is 0 Å². The van der Waals surface area contributed by atoms with Crippen molar-refractivity contribution in [3.8, 4) is 0 Å². The zero-order valence-electron chi connectivity index (χ0n) is 12.2. The van der Waals surface area contributed by atoms with Gasteiger partial charge >= 0.3 is 0 Å². The van der Waals surface area contributed by atoms with E-state index in [1.54, 1.807) is 6.07 Å². The van der Waals surface area contributed by atoms with Crippen LogP contribution in [0.15, 0.2) is 18.2 Å². The predicted octanol–water partition coefficient (Wildman–Crippen LogP) is 5.18. The van der Waals surface area contributed by atoms with E-state index in [4.69, 9.17) is 11.6 Å². The molecule has 0 aliphatic rings. The van der Waals surface area contributed by atoms with Gasteiger partial charge in [0.15, 0.2) is 0 Å². The van der Waals surface area contributed by atoms with Crippen LogP contribution in [0.3, 0.4) is 0 Å². The number of benzene rings is 1. The maximum Gasteiger partial charge on any atom is 0.142 e. The van der Waals surface area contributed by atoms with Gasteiger partial charge in [0.1, 0.15) is 5.82 Å². The summed E-state index contributed by atoms with van der Waals surface area (Å²) in [6.45, 7) is 8.41. The molecule has 0 saturated heterocycles. The Kier molecular flexibility index (Phi) is 6.81. The molecule has 3 heteroatoms. The lowest BCUT2D eigenvalue weighted by molar-refractivity contribution is 0.302. The minimum absolute atomic E-state index is 0.184. The average molecular weight is 286 g/mol. The second-order valence-electron chi connectivity index (χ2n) is 5.97. The molecular weight excluding hydrogens is 261 g/mol. The smallest absolute Gasteiger partial charge is 0.142 e. The Morgan fingerprint density at radius 1 is 1.26 bits per heavy atom.